The monoisotopic (exact) mass is 435 g/mol. The van der Waals surface area contributed by atoms with E-state index in [1.165, 1.54) is 12.3 Å². The molecule has 0 aliphatic heterocycles. The number of carbonyl (C=O) groups is 1. The number of benzene rings is 2. The number of hydrogen-bond donors (Lipinski definition) is 1. The van der Waals surface area contributed by atoms with E-state index in [0.29, 0.717) is 30.3 Å². The van der Waals surface area contributed by atoms with Crippen molar-refractivity contribution in [2.24, 2.45) is 0 Å². The lowest BCUT2D eigenvalue weighted by Crippen LogP contribution is -2.13. The van der Waals surface area contributed by atoms with E-state index in [0.717, 1.165) is 29.5 Å². The summed E-state index contributed by atoms with van der Waals surface area (Å²) >= 11 is 1.04. The maximum absolute atomic E-state index is 12.7. The lowest BCUT2D eigenvalue weighted by atomic mass is 10.2. The van der Waals surface area contributed by atoms with Gasteiger partial charge in [0.1, 0.15) is 0 Å². The highest BCUT2D eigenvalue weighted by Gasteiger charge is 2.30. The Morgan fingerprint density at radius 3 is 2.70 bits per heavy atom. The molecule has 0 atom stereocenters. The highest BCUT2D eigenvalue weighted by Crippen LogP contribution is 2.31. The van der Waals surface area contributed by atoms with E-state index >= 15 is 0 Å². The lowest BCUT2D eigenvalue weighted by molar-refractivity contribution is -0.137. The number of amides is 1. The number of rotatable bonds is 9. The number of aromatic nitrogens is 2. The molecule has 0 aliphatic rings. The van der Waals surface area contributed by atoms with Crippen LogP contribution >= 0.6 is 11.8 Å². The molecule has 2 aromatic carbocycles. The summed E-state index contributed by atoms with van der Waals surface area (Å²) in [5.74, 6) is -0.329. The normalized spacial score (nSPS) is 11.4. The molecule has 1 N–H and O–H groups in total. The summed E-state index contributed by atoms with van der Waals surface area (Å²) in [7, 11) is 0. The van der Waals surface area contributed by atoms with Crippen LogP contribution < -0.4 is 5.32 Å². The highest BCUT2D eigenvalue weighted by atomic mass is 32.2. The van der Waals surface area contributed by atoms with E-state index in [2.05, 4.69) is 10.4 Å². The highest BCUT2D eigenvalue weighted by molar-refractivity contribution is 8.00. The molecule has 0 saturated carbocycles. The molecule has 0 bridgehead atoms. The minimum Gasteiger partial charge on any atom is -0.375 e. The SMILES string of the molecule is O=C(CSc1cccc(C(F)(F)F)c1)Nc1cnn(CCOCc2ccccc2)c1. The van der Waals surface area contributed by atoms with Crippen LogP contribution in [-0.4, -0.2) is 28.0 Å². The summed E-state index contributed by atoms with van der Waals surface area (Å²) in [5, 5.41) is 6.85. The van der Waals surface area contributed by atoms with Crippen molar-refractivity contribution in [2.75, 3.05) is 17.7 Å². The smallest absolute Gasteiger partial charge is 0.375 e. The molecule has 3 rings (SSSR count). The van der Waals surface area contributed by atoms with Gasteiger partial charge in [-0.3, -0.25) is 9.48 Å². The first-order valence-electron chi connectivity index (χ1n) is 9.14. The summed E-state index contributed by atoms with van der Waals surface area (Å²) in [5.41, 5.74) is 0.876. The summed E-state index contributed by atoms with van der Waals surface area (Å²) in [6, 6.07) is 14.7. The Morgan fingerprint density at radius 1 is 1.13 bits per heavy atom. The third kappa shape index (κ3) is 6.93. The molecule has 158 valence electrons. The average molecular weight is 435 g/mol. The van der Waals surface area contributed by atoms with Crippen molar-refractivity contribution in [3.63, 3.8) is 0 Å². The second-order valence-electron chi connectivity index (χ2n) is 6.39. The Bertz CT molecular complexity index is 961. The van der Waals surface area contributed by atoms with E-state index in [4.69, 9.17) is 4.74 Å². The van der Waals surface area contributed by atoms with Crippen molar-refractivity contribution >= 4 is 23.4 Å². The average Bonchev–Trinajstić information content (AvgIpc) is 3.17. The number of hydrogen-bond acceptors (Lipinski definition) is 4. The summed E-state index contributed by atoms with van der Waals surface area (Å²) in [6.45, 7) is 1.51. The predicted octanol–water partition coefficient (Wildman–Crippen LogP) is 4.85. The van der Waals surface area contributed by atoms with Crippen molar-refractivity contribution in [1.29, 1.82) is 0 Å². The molecule has 30 heavy (non-hydrogen) atoms. The fourth-order valence-electron chi connectivity index (χ4n) is 2.58. The minimum atomic E-state index is -4.40. The van der Waals surface area contributed by atoms with Crippen LogP contribution in [0.1, 0.15) is 11.1 Å². The van der Waals surface area contributed by atoms with Crippen LogP contribution in [0.5, 0.6) is 0 Å². The standard InChI is InChI=1S/C21H20F3N3O2S/c22-21(23,24)17-7-4-8-19(11-17)30-15-20(28)26-18-12-25-27(13-18)9-10-29-14-16-5-2-1-3-6-16/h1-8,11-13H,9-10,14-15H2,(H,26,28). The van der Waals surface area contributed by atoms with Crippen LogP contribution in [0.4, 0.5) is 18.9 Å². The van der Waals surface area contributed by atoms with Gasteiger partial charge in [-0.05, 0) is 23.8 Å². The number of nitrogens with zero attached hydrogens (tertiary/aromatic N) is 2. The fraction of sp³-hybridized carbons (Fsp3) is 0.238. The van der Waals surface area contributed by atoms with Crippen LogP contribution in [-0.2, 0) is 28.9 Å². The Balaban J connectivity index is 1.40. The van der Waals surface area contributed by atoms with Crippen molar-refractivity contribution in [1.82, 2.24) is 9.78 Å². The maximum atomic E-state index is 12.7. The van der Waals surface area contributed by atoms with Gasteiger partial charge in [-0.15, -0.1) is 11.8 Å². The fourth-order valence-corrected chi connectivity index (χ4v) is 3.34. The largest absolute Gasteiger partial charge is 0.416 e. The van der Waals surface area contributed by atoms with E-state index < -0.39 is 11.7 Å². The second-order valence-corrected chi connectivity index (χ2v) is 7.44. The molecule has 1 amide bonds. The van der Waals surface area contributed by atoms with Gasteiger partial charge in [0.05, 0.1) is 43.0 Å². The third-order valence-corrected chi connectivity index (χ3v) is 5.02. The van der Waals surface area contributed by atoms with Crippen LogP contribution in [0, 0.1) is 0 Å². The molecule has 0 radical (unpaired) electrons. The topological polar surface area (TPSA) is 56.2 Å². The van der Waals surface area contributed by atoms with E-state index in [-0.39, 0.29) is 11.7 Å². The van der Waals surface area contributed by atoms with Gasteiger partial charge < -0.3 is 10.1 Å². The summed E-state index contributed by atoms with van der Waals surface area (Å²) in [4.78, 5) is 12.5. The van der Waals surface area contributed by atoms with Gasteiger partial charge in [0.2, 0.25) is 5.91 Å². The number of ether oxygens (including phenoxy) is 1. The van der Waals surface area contributed by atoms with E-state index in [1.807, 2.05) is 30.3 Å². The number of anilines is 1. The van der Waals surface area contributed by atoms with Gasteiger partial charge in [-0.1, -0.05) is 36.4 Å². The van der Waals surface area contributed by atoms with Crippen molar-refractivity contribution in [2.45, 2.75) is 24.2 Å². The molecule has 1 heterocycles. The number of carbonyl (C=O) groups excluding carboxylic acids is 1. The Kier molecular flexibility index (Phi) is 7.53. The van der Waals surface area contributed by atoms with Gasteiger partial charge in [-0.2, -0.15) is 18.3 Å². The molecule has 5 nitrogen and oxygen atoms in total. The number of alkyl halides is 3. The summed E-state index contributed by atoms with van der Waals surface area (Å²) in [6.07, 6.45) is -1.21. The number of thioether (sulfide) groups is 1. The van der Waals surface area contributed by atoms with Crippen LogP contribution in [0.2, 0.25) is 0 Å². The first-order valence-corrected chi connectivity index (χ1v) is 10.1. The molecule has 0 saturated heterocycles. The van der Waals surface area contributed by atoms with Crippen LogP contribution in [0.25, 0.3) is 0 Å². The van der Waals surface area contributed by atoms with Crippen molar-refractivity contribution in [3.05, 3.63) is 78.1 Å². The van der Waals surface area contributed by atoms with Crippen molar-refractivity contribution < 1.29 is 22.7 Å². The molecule has 0 spiro atoms. The van der Waals surface area contributed by atoms with Crippen LogP contribution in [0.15, 0.2) is 71.9 Å². The Labute approximate surface area is 176 Å². The van der Waals surface area contributed by atoms with E-state index in [9.17, 15) is 18.0 Å². The minimum absolute atomic E-state index is 0.00726. The third-order valence-electron chi connectivity index (χ3n) is 4.02. The van der Waals surface area contributed by atoms with Crippen molar-refractivity contribution in [3.8, 4) is 0 Å². The predicted molar refractivity (Wildman–Crippen MR) is 109 cm³/mol. The molecule has 0 aliphatic carbocycles. The van der Waals surface area contributed by atoms with Gasteiger partial charge in [0.25, 0.3) is 0 Å². The van der Waals surface area contributed by atoms with Gasteiger partial charge >= 0.3 is 6.18 Å². The first kappa shape index (κ1) is 21.9. The zero-order chi connectivity index (χ0) is 21.4. The second kappa shape index (κ2) is 10.3. The number of nitrogens with one attached hydrogen (secondary N) is 1. The van der Waals surface area contributed by atoms with Gasteiger partial charge in [-0.25, -0.2) is 0 Å². The molecule has 1 aromatic heterocycles. The summed E-state index contributed by atoms with van der Waals surface area (Å²) < 4.78 is 45.5. The Morgan fingerprint density at radius 2 is 1.93 bits per heavy atom. The molecule has 3 aromatic rings. The van der Waals surface area contributed by atoms with E-state index in [1.54, 1.807) is 16.9 Å². The number of halogens is 3. The zero-order valence-electron chi connectivity index (χ0n) is 15.9. The lowest BCUT2D eigenvalue weighted by Gasteiger charge is -2.08. The van der Waals surface area contributed by atoms with Gasteiger partial charge in [0.15, 0.2) is 0 Å². The molecular formula is C21H20F3N3O2S. The maximum Gasteiger partial charge on any atom is 0.416 e. The van der Waals surface area contributed by atoms with Gasteiger partial charge in [0, 0.05) is 11.1 Å². The van der Waals surface area contributed by atoms with Crippen LogP contribution in [0.3, 0.4) is 0 Å². The molecular weight excluding hydrogens is 415 g/mol. The first-order chi connectivity index (χ1) is 14.4. The Hall–Kier alpha value is -2.78. The zero-order valence-corrected chi connectivity index (χ0v) is 16.7. The molecule has 0 unspecified atom stereocenters. The molecule has 0 fully saturated rings. The molecule has 9 heteroatoms. The quantitative estimate of drug-likeness (QED) is 0.386.